The number of hydrogen-bond donors (Lipinski definition) is 2. The van der Waals surface area contributed by atoms with Gasteiger partial charge in [-0.1, -0.05) is 35.9 Å². The van der Waals surface area contributed by atoms with E-state index in [1.807, 2.05) is 30.3 Å². The summed E-state index contributed by atoms with van der Waals surface area (Å²) in [6.45, 7) is 1.70. The van der Waals surface area contributed by atoms with Gasteiger partial charge in [-0.05, 0) is 36.8 Å². The summed E-state index contributed by atoms with van der Waals surface area (Å²) in [4.78, 5) is 22.0. The summed E-state index contributed by atoms with van der Waals surface area (Å²) in [6, 6.07) is 14.3. The largest absolute Gasteiger partial charge is 0.453 e. The molecule has 2 amide bonds. The molecule has 2 rings (SSSR count). The zero-order valence-electron chi connectivity index (χ0n) is 12.3. The van der Waals surface area contributed by atoms with Crippen LogP contribution in [-0.2, 0) is 4.74 Å². The SMILES string of the molecule is COC(=O)Nc1cccc(C(N)=O)c1C.Clc1ccccc1. The molecule has 0 radical (unpaired) electrons. The van der Waals surface area contributed by atoms with Crippen molar-refractivity contribution < 1.29 is 14.3 Å². The second-order valence-corrected chi connectivity index (χ2v) is 4.69. The zero-order chi connectivity index (χ0) is 16.5. The fourth-order valence-corrected chi connectivity index (χ4v) is 1.76. The highest BCUT2D eigenvalue weighted by molar-refractivity contribution is 6.30. The molecular weight excluding hydrogens is 304 g/mol. The molecule has 0 saturated carbocycles. The van der Waals surface area contributed by atoms with Crippen LogP contribution in [0.4, 0.5) is 10.5 Å². The van der Waals surface area contributed by atoms with Crippen molar-refractivity contribution in [2.24, 2.45) is 5.73 Å². The van der Waals surface area contributed by atoms with E-state index in [-0.39, 0.29) is 0 Å². The van der Waals surface area contributed by atoms with Crippen LogP contribution in [0.5, 0.6) is 0 Å². The van der Waals surface area contributed by atoms with Crippen LogP contribution in [0.25, 0.3) is 0 Å². The lowest BCUT2D eigenvalue weighted by Crippen LogP contribution is -2.16. The summed E-state index contributed by atoms with van der Waals surface area (Å²) >= 11 is 5.54. The van der Waals surface area contributed by atoms with Gasteiger partial charge in [0.1, 0.15) is 0 Å². The van der Waals surface area contributed by atoms with E-state index in [2.05, 4.69) is 10.1 Å². The molecule has 0 unspecified atom stereocenters. The molecule has 0 aliphatic carbocycles. The second kappa shape index (κ2) is 8.69. The van der Waals surface area contributed by atoms with Crippen LogP contribution >= 0.6 is 11.6 Å². The molecule has 0 heterocycles. The Hall–Kier alpha value is -2.53. The lowest BCUT2D eigenvalue weighted by Gasteiger charge is -2.09. The molecule has 0 bridgehead atoms. The molecule has 0 atom stereocenters. The molecule has 6 heteroatoms. The van der Waals surface area contributed by atoms with E-state index in [4.69, 9.17) is 17.3 Å². The highest BCUT2D eigenvalue weighted by Gasteiger charge is 2.10. The van der Waals surface area contributed by atoms with E-state index >= 15 is 0 Å². The first-order valence-corrected chi connectivity index (χ1v) is 6.78. The number of benzene rings is 2. The highest BCUT2D eigenvalue weighted by atomic mass is 35.5. The molecule has 0 spiro atoms. The second-order valence-electron chi connectivity index (χ2n) is 4.25. The van der Waals surface area contributed by atoms with Gasteiger partial charge in [0, 0.05) is 16.3 Å². The Labute approximate surface area is 134 Å². The van der Waals surface area contributed by atoms with Crippen LogP contribution < -0.4 is 11.1 Å². The number of amides is 2. The van der Waals surface area contributed by atoms with E-state index in [1.54, 1.807) is 25.1 Å². The monoisotopic (exact) mass is 320 g/mol. The molecule has 2 aromatic carbocycles. The summed E-state index contributed by atoms with van der Waals surface area (Å²) in [7, 11) is 1.27. The number of halogens is 1. The molecule has 0 aliphatic rings. The first-order chi connectivity index (χ1) is 10.5. The van der Waals surface area contributed by atoms with Crippen molar-refractivity contribution in [3.63, 3.8) is 0 Å². The number of rotatable bonds is 2. The topological polar surface area (TPSA) is 81.4 Å². The van der Waals surface area contributed by atoms with Gasteiger partial charge >= 0.3 is 6.09 Å². The first kappa shape index (κ1) is 17.5. The number of anilines is 1. The van der Waals surface area contributed by atoms with E-state index in [1.165, 1.54) is 7.11 Å². The zero-order valence-corrected chi connectivity index (χ0v) is 13.1. The Morgan fingerprint density at radius 2 is 1.73 bits per heavy atom. The average Bonchev–Trinajstić information content (AvgIpc) is 2.50. The van der Waals surface area contributed by atoms with Crippen molar-refractivity contribution in [2.75, 3.05) is 12.4 Å². The van der Waals surface area contributed by atoms with Crippen molar-refractivity contribution >= 4 is 29.3 Å². The third kappa shape index (κ3) is 5.46. The van der Waals surface area contributed by atoms with Crippen molar-refractivity contribution in [1.82, 2.24) is 0 Å². The maximum Gasteiger partial charge on any atom is 0.411 e. The molecular formula is C16H17ClN2O3. The van der Waals surface area contributed by atoms with Gasteiger partial charge in [0.05, 0.1) is 7.11 Å². The molecule has 0 fully saturated rings. The number of nitrogens with two attached hydrogens (primary N) is 1. The van der Waals surface area contributed by atoms with Crippen LogP contribution in [0, 0.1) is 6.92 Å². The van der Waals surface area contributed by atoms with Gasteiger partial charge in [0.15, 0.2) is 0 Å². The van der Waals surface area contributed by atoms with Gasteiger partial charge < -0.3 is 10.5 Å². The Morgan fingerprint density at radius 3 is 2.18 bits per heavy atom. The predicted octanol–water partition coefficient (Wildman–Crippen LogP) is 3.61. The number of hydrogen-bond acceptors (Lipinski definition) is 3. The van der Waals surface area contributed by atoms with E-state index in [0.29, 0.717) is 16.8 Å². The molecule has 3 N–H and O–H groups in total. The van der Waals surface area contributed by atoms with Crippen LogP contribution in [0.15, 0.2) is 48.5 Å². The van der Waals surface area contributed by atoms with Crippen LogP contribution in [0.3, 0.4) is 0 Å². The van der Waals surface area contributed by atoms with E-state index in [0.717, 1.165) is 5.02 Å². The third-order valence-corrected chi connectivity index (χ3v) is 3.01. The van der Waals surface area contributed by atoms with Crippen molar-refractivity contribution in [3.05, 3.63) is 64.7 Å². The van der Waals surface area contributed by atoms with Gasteiger partial charge in [-0.3, -0.25) is 10.1 Å². The lowest BCUT2D eigenvalue weighted by molar-refractivity contribution is 0.0999. The van der Waals surface area contributed by atoms with Crippen molar-refractivity contribution in [2.45, 2.75) is 6.92 Å². The summed E-state index contributed by atoms with van der Waals surface area (Å²) in [6.07, 6.45) is -0.584. The smallest absolute Gasteiger partial charge is 0.411 e. The minimum atomic E-state index is -0.584. The normalized spacial score (nSPS) is 9.23. The van der Waals surface area contributed by atoms with Crippen LogP contribution in [0.2, 0.25) is 5.02 Å². The molecule has 2 aromatic rings. The number of carbonyl (C=O) groups excluding carboxylic acids is 2. The first-order valence-electron chi connectivity index (χ1n) is 6.40. The van der Waals surface area contributed by atoms with Crippen molar-refractivity contribution in [3.8, 4) is 0 Å². The minimum absolute atomic E-state index is 0.379. The number of carbonyl (C=O) groups is 2. The van der Waals surface area contributed by atoms with Gasteiger partial charge in [0.2, 0.25) is 5.91 Å². The Morgan fingerprint density at radius 1 is 1.09 bits per heavy atom. The van der Waals surface area contributed by atoms with Crippen LogP contribution in [0.1, 0.15) is 15.9 Å². The average molecular weight is 321 g/mol. The quantitative estimate of drug-likeness (QED) is 0.886. The maximum atomic E-state index is 11.0. The molecule has 0 aliphatic heterocycles. The standard InChI is InChI=1S/C10H12N2O3.C6H5Cl/c1-6-7(9(11)13)4-3-5-8(6)12-10(14)15-2;7-6-4-2-1-3-5-6/h3-5H,1-2H3,(H2,11,13)(H,12,14);1-5H. The molecule has 116 valence electrons. The Bertz CT molecular complexity index is 645. The molecule has 0 saturated heterocycles. The minimum Gasteiger partial charge on any atom is -0.453 e. The lowest BCUT2D eigenvalue weighted by atomic mass is 10.1. The van der Waals surface area contributed by atoms with Gasteiger partial charge in [-0.15, -0.1) is 0 Å². The maximum absolute atomic E-state index is 11.0. The fraction of sp³-hybridized carbons (Fsp3) is 0.125. The molecule has 0 aromatic heterocycles. The van der Waals surface area contributed by atoms with Crippen LogP contribution in [-0.4, -0.2) is 19.1 Å². The fourth-order valence-electron chi connectivity index (χ4n) is 1.61. The number of primary amides is 1. The Kier molecular flexibility index (Phi) is 6.92. The summed E-state index contributed by atoms with van der Waals surface area (Å²) in [5.74, 6) is -0.527. The summed E-state index contributed by atoms with van der Waals surface area (Å²) < 4.78 is 4.44. The van der Waals surface area contributed by atoms with Gasteiger partial charge in [0.25, 0.3) is 0 Å². The number of methoxy groups -OCH3 is 1. The number of nitrogens with one attached hydrogen (secondary N) is 1. The summed E-state index contributed by atoms with van der Waals surface area (Å²) in [5, 5.41) is 3.28. The number of ether oxygens (including phenoxy) is 1. The van der Waals surface area contributed by atoms with Crippen molar-refractivity contribution in [1.29, 1.82) is 0 Å². The predicted molar refractivity (Wildman–Crippen MR) is 87.2 cm³/mol. The highest BCUT2D eigenvalue weighted by Crippen LogP contribution is 2.18. The summed E-state index contributed by atoms with van der Waals surface area (Å²) in [5.41, 5.74) is 6.68. The van der Waals surface area contributed by atoms with E-state index < -0.39 is 12.0 Å². The van der Waals surface area contributed by atoms with E-state index in [9.17, 15) is 9.59 Å². The third-order valence-electron chi connectivity index (χ3n) is 2.75. The van der Waals surface area contributed by atoms with Gasteiger partial charge in [-0.2, -0.15) is 0 Å². The van der Waals surface area contributed by atoms with Gasteiger partial charge in [-0.25, -0.2) is 4.79 Å². The molecule has 22 heavy (non-hydrogen) atoms. The molecule has 5 nitrogen and oxygen atoms in total. The Balaban J connectivity index is 0.000000287.